The second kappa shape index (κ2) is 5.01. The first-order valence-electron chi connectivity index (χ1n) is 6.34. The van der Waals surface area contributed by atoms with Gasteiger partial charge in [0.15, 0.2) is 0 Å². The molecule has 0 bridgehead atoms. The molecule has 0 saturated heterocycles. The highest BCUT2D eigenvalue weighted by molar-refractivity contribution is 5.98. The number of fused-ring (bicyclic) bond motifs is 1. The molecule has 1 amide bonds. The zero-order chi connectivity index (χ0) is 14.0. The van der Waals surface area contributed by atoms with Crippen molar-refractivity contribution in [2.45, 2.75) is 38.9 Å². The summed E-state index contributed by atoms with van der Waals surface area (Å²) in [5.74, 6) is -1.37. The maximum atomic E-state index is 12.1. The summed E-state index contributed by atoms with van der Waals surface area (Å²) in [7, 11) is 0. The van der Waals surface area contributed by atoms with Crippen LogP contribution in [0.2, 0.25) is 0 Å². The maximum Gasteiger partial charge on any atom is 0.329 e. The highest BCUT2D eigenvalue weighted by Gasteiger charge is 2.33. The molecule has 1 aromatic rings. The molecule has 1 atom stereocenters. The van der Waals surface area contributed by atoms with E-state index in [1.54, 1.807) is 13.0 Å². The van der Waals surface area contributed by atoms with E-state index in [9.17, 15) is 9.59 Å². The van der Waals surface area contributed by atoms with Crippen molar-refractivity contribution in [1.82, 2.24) is 10.6 Å². The first-order chi connectivity index (χ1) is 8.96. The average Bonchev–Trinajstić information content (AvgIpc) is 2.85. The molecule has 1 heterocycles. The van der Waals surface area contributed by atoms with E-state index < -0.39 is 11.5 Å². The zero-order valence-electron chi connectivity index (χ0n) is 11.1. The van der Waals surface area contributed by atoms with E-state index in [1.807, 2.05) is 12.1 Å². The lowest BCUT2D eigenvalue weighted by Crippen LogP contribution is -2.51. The minimum absolute atomic E-state index is 0.334. The lowest BCUT2D eigenvalue weighted by molar-refractivity contribution is -0.143. The van der Waals surface area contributed by atoms with Crippen LogP contribution in [0, 0.1) is 0 Å². The van der Waals surface area contributed by atoms with Crippen molar-refractivity contribution in [2.24, 2.45) is 0 Å². The number of carboxylic acid groups (broad SMARTS) is 1. The number of carboxylic acids is 1. The van der Waals surface area contributed by atoms with Crippen molar-refractivity contribution in [3.05, 3.63) is 34.9 Å². The van der Waals surface area contributed by atoms with E-state index in [4.69, 9.17) is 5.11 Å². The normalized spacial score (nSPS) is 16.5. The number of rotatable bonds is 4. The van der Waals surface area contributed by atoms with Crippen molar-refractivity contribution in [2.75, 3.05) is 0 Å². The molecular weight excluding hydrogens is 244 g/mol. The topological polar surface area (TPSA) is 78.4 Å². The fourth-order valence-corrected chi connectivity index (χ4v) is 2.05. The van der Waals surface area contributed by atoms with Crippen molar-refractivity contribution in [3.63, 3.8) is 0 Å². The SMILES string of the molecule is CCC(C)(NC(=O)c1ccc2c(c1)CNC2)C(=O)O. The number of aliphatic carboxylic acids is 1. The highest BCUT2D eigenvalue weighted by Crippen LogP contribution is 2.18. The van der Waals surface area contributed by atoms with Crippen LogP contribution in [-0.2, 0) is 17.9 Å². The molecule has 1 aliphatic rings. The minimum atomic E-state index is -1.23. The molecule has 2 rings (SSSR count). The molecule has 102 valence electrons. The second-order valence-electron chi connectivity index (χ2n) is 5.03. The number of hydrogen-bond donors (Lipinski definition) is 3. The van der Waals surface area contributed by atoms with Crippen LogP contribution >= 0.6 is 0 Å². The Hall–Kier alpha value is -1.88. The molecule has 1 unspecified atom stereocenters. The maximum absolute atomic E-state index is 12.1. The van der Waals surface area contributed by atoms with Crippen molar-refractivity contribution < 1.29 is 14.7 Å². The first-order valence-corrected chi connectivity index (χ1v) is 6.34. The van der Waals surface area contributed by atoms with Gasteiger partial charge in [0.25, 0.3) is 5.91 Å². The number of hydrogen-bond acceptors (Lipinski definition) is 3. The van der Waals surface area contributed by atoms with Gasteiger partial charge in [0.1, 0.15) is 5.54 Å². The van der Waals surface area contributed by atoms with Gasteiger partial charge in [-0.15, -0.1) is 0 Å². The lowest BCUT2D eigenvalue weighted by Gasteiger charge is -2.24. The Morgan fingerprint density at radius 1 is 1.37 bits per heavy atom. The Bertz CT molecular complexity index is 527. The van der Waals surface area contributed by atoms with E-state index in [0.29, 0.717) is 12.0 Å². The van der Waals surface area contributed by atoms with Crippen LogP contribution in [0.5, 0.6) is 0 Å². The number of carbonyl (C=O) groups excluding carboxylic acids is 1. The highest BCUT2D eigenvalue weighted by atomic mass is 16.4. The largest absolute Gasteiger partial charge is 0.480 e. The molecule has 1 aromatic carbocycles. The van der Waals surface area contributed by atoms with Gasteiger partial charge in [-0.1, -0.05) is 13.0 Å². The van der Waals surface area contributed by atoms with Gasteiger partial charge in [0, 0.05) is 18.7 Å². The lowest BCUT2D eigenvalue weighted by atomic mass is 9.98. The molecule has 1 aliphatic heterocycles. The molecule has 19 heavy (non-hydrogen) atoms. The third-order valence-electron chi connectivity index (χ3n) is 3.67. The zero-order valence-corrected chi connectivity index (χ0v) is 11.1. The fourth-order valence-electron chi connectivity index (χ4n) is 2.05. The summed E-state index contributed by atoms with van der Waals surface area (Å²) in [6.45, 7) is 4.82. The third kappa shape index (κ3) is 2.61. The number of amides is 1. The summed E-state index contributed by atoms with van der Waals surface area (Å²) in [5, 5.41) is 15.0. The van der Waals surface area contributed by atoms with E-state index in [-0.39, 0.29) is 5.91 Å². The van der Waals surface area contributed by atoms with Gasteiger partial charge in [-0.2, -0.15) is 0 Å². The molecule has 5 nitrogen and oxygen atoms in total. The second-order valence-corrected chi connectivity index (χ2v) is 5.03. The van der Waals surface area contributed by atoms with Crippen LogP contribution in [0.25, 0.3) is 0 Å². The van der Waals surface area contributed by atoms with Crippen molar-refractivity contribution >= 4 is 11.9 Å². The van der Waals surface area contributed by atoms with Gasteiger partial charge in [-0.25, -0.2) is 4.79 Å². The van der Waals surface area contributed by atoms with Gasteiger partial charge < -0.3 is 15.7 Å². The molecule has 5 heteroatoms. The van der Waals surface area contributed by atoms with Gasteiger partial charge in [0.05, 0.1) is 0 Å². The molecular formula is C14H18N2O3. The number of benzene rings is 1. The van der Waals surface area contributed by atoms with Gasteiger partial charge >= 0.3 is 5.97 Å². The fraction of sp³-hybridized carbons (Fsp3) is 0.429. The van der Waals surface area contributed by atoms with Crippen molar-refractivity contribution in [3.8, 4) is 0 Å². The Morgan fingerprint density at radius 2 is 2.05 bits per heavy atom. The van der Waals surface area contributed by atoms with Gasteiger partial charge in [-0.05, 0) is 36.6 Å². The molecule has 3 N–H and O–H groups in total. The average molecular weight is 262 g/mol. The summed E-state index contributed by atoms with van der Waals surface area (Å²) >= 11 is 0. The molecule has 0 aromatic heterocycles. The summed E-state index contributed by atoms with van der Waals surface area (Å²) in [6, 6.07) is 5.47. The predicted octanol–water partition coefficient (Wildman–Crippen LogP) is 1.27. The summed E-state index contributed by atoms with van der Waals surface area (Å²) in [5.41, 5.74) is 1.56. The first kappa shape index (κ1) is 13.5. The monoisotopic (exact) mass is 262 g/mol. The van der Waals surface area contributed by atoms with E-state index in [0.717, 1.165) is 18.7 Å². The van der Waals surface area contributed by atoms with Crippen LogP contribution in [0.3, 0.4) is 0 Å². The Morgan fingerprint density at radius 3 is 2.68 bits per heavy atom. The standard InChI is InChI=1S/C14H18N2O3/c1-3-14(2,13(18)19)16-12(17)9-4-5-10-7-15-8-11(10)6-9/h4-6,15H,3,7-8H2,1-2H3,(H,16,17)(H,18,19). The summed E-state index contributed by atoms with van der Waals surface area (Å²) in [4.78, 5) is 23.3. The van der Waals surface area contributed by atoms with Crippen molar-refractivity contribution in [1.29, 1.82) is 0 Å². The molecule has 0 fully saturated rings. The smallest absolute Gasteiger partial charge is 0.329 e. The van der Waals surface area contributed by atoms with E-state index in [1.165, 1.54) is 12.5 Å². The molecule has 0 saturated carbocycles. The molecule has 0 aliphatic carbocycles. The van der Waals surface area contributed by atoms with E-state index >= 15 is 0 Å². The summed E-state index contributed by atoms with van der Waals surface area (Å²) < 4.78 is 0. The Labute approximate surface area is 112 Å². The number of carbonyl (C=O) groups is 2. The quantitative estimate of drug-likeness (QED) is 0.763. The molecule has 0 radical (unpaired) electrons. The Kier molecular flexibility index (Phi) is 3.57. The van der Waals surface area contributed by atoms with Crippen LogP contribution in [0.4, 0.5) is 0 Å². The Balaban J connectivity index is 2.18. The molecule has 0 spiro atoms. The predicted molar refractivity (Wildman–Crippen MR) is 70.8 cm³/mol. The van der Waals surface area contributed by atoms with Crippen LogP contribution in [0.1, 0.15) is 41.8 Å². The van der Waals surface area contributed by atoms with E-state index in [2.05, 4.69) is 10.6 Å². The number of nitrogens with one attached hydrogen (secondary N) is 2. The van der Waals surface area contributed by atoms with Crippen LogP contribution in [-0.4, -0.2) is 22.5 Å². The van der Waals surface area contributed by atoms with Gasteiger partial charge in [0.2, 0.25) is 0 Å². The van der Waals surface area contributed by atoms with Gasteiger partial charge in [-0.3, -0.25) is 4.79 Å². The summed E-state index contributed by atoms with van der Waals surface area (Å²) in [6.07, 6.45) is 0.334. The third-order valence-corrected chi connectivity index (χ3v) is 3.67. The van der Waals surface area contributed by atoms with Crippen LogP contribution in [0.15, 0.2) is 18.2 Å². The van der Waals surface area contributed by atoms with Crippen LogP contribution < -0.4 is 10.6 Å². The minimum Gasteiger partial charge on any atom is -0.480 e.